The summed E-state index contributed by atoms with van der Waals surface area (Å²) in [6.07, 6.45) is 3.33. The minimum absolute atomic E-state index is 0.128. The van der Waals surface area contributed by atoms with Gasteiger partial charge in [0.15, 0.2) is 0 Å². The molecule has 0 aliphatic heterocycles. The van der Waals surface area contributed by atoms with Crippen LogP contribution < -0.4 is 4.72 Å². The van der Waals surface area contributed by atoms with Crippen molar-refractivity contribution in [2.24, 2.45) is 0 Å². The third-order valence-electron chi connectivity index (χ3n) is 4.31. The summed E-state index contributed by atoms with van der Waals surface area (Å²) in [5, 5.41) is 0.995. The summed E-state index contributed by atoms with van der Waals surface area (Å²) in [5.74, 6) is 0.503. The van der Waals surface area contributed by atoms with Crippen LogP contribution in [0.1, 0.15) is 11.3 Å². The standard InChI is InChI=1S/C20H18N4O2S/c1-15-7-9-18(10-8-15)27(25,26)23-14-17-13-16-5-2-3-6-19(16)24(17)20-21-11-4-12-22-20/h2-13,23H,14H2,1H3. The zero-order chi connectivity index (χ0) is 18.9. The predicted molar refractivity (Wildman–Crippen MR) is 104 cm³/mol. The highest BCUT2D eigenvalue weighted by atomic mass is 32.2. The van der Waals surface area contributed by atoms with Crippen molar-refractivity contribution in [2.45, 2.75) is 18.4 Å². The number of aromatic nitrogens is 3. The van der Waals surface area contributed by atoms with E-state index in [9.17, 15) is 8.42 Å². The SMILES string of the molecule is Cc1ccc(S(=O)(=O)NCc2cc3ccccc3n2-c2ncccn2)cc1. The highest BCUT2D eigenvalue weighted by molar-refractivity contribution is 7.89. The Hall–Kier alpha value is -3.03. The van der Waals surface area contributed by atoms with E-state index in [1.807, 2.05) is 41.8 Å². The number of para-hydroxylation sites is 1. The first-order chi connectivity index (χ1) is 13.0. The maximum absolute atomic E-state index is 12.6. The summed E-state index contributed by atoms with van der Waals surface area (Å²) in [6.45, 7) is 2.05. The van der Waals surface area contributed by atoms with E-state index in [1.54, 1.807) is 42.7 Å². The van der Waals surface area contributed by atoms with Gasteiger partial charge in [-0.15, -0.1) is 0 Å². The second-order valence-electron chi connectivity index (χ2n) is 6.22. The summed E-state index contributed by atoms with van der Waals surface area (Å²) < 4.78 is 29.8. The fourth-order valence-electron chi connectivity index (χ4n) is 2.95. The normalized spacial score (nSPS) is 11.7. The van der Waals surface area contributed by atoms with Crippen LogP contribution in [0.4, 0.5) is 0 Å². The molecule has 136 valence electrons. The molecule has 0 spiro atoms. The van der Waals surface area contributed by atoms with Crippen LogP contribution in [0.2, 0.25) is 0 Å². The summed E-state index contributed by atoms with van der Waals surface area (Å²) >= 11 is 0. The van der Waals surface area contributed by atoms with Crippen LogP contribution in [0, 0.1) is 6.92 Å². The molecule has 0 saturated heterocycles. The lowest BCUT2D eigenvalue weighted by atomic mass is 10.2. The van der Waals surface area contributed by atoms with Gasteiger partial charge >= 0.3 is 0 Å². The largest absolute Gasteiger partial charge is 0.281 e. The lowest BCUT2D eigenvalue weighted by Gasteiger charge is -2.10. The van der Waals surface area contributed by atoms with Crippen LogP contribution in [0.15, 0.2) is 78.0 Å². The van der Waals surface area contributed by atoms with E-state index in [-0.39, 0.29) is 11.4 Å². The minimum Gasteiger partial charge on any atom is -0.281 e. The Morgan fingerprint density at radius 2 is 1.67 bits per heavy atom. The molecule has 4 aromatic rings. The maximum atomic E-state index is 12.6. The molecule has 0 aliphatic carbocycles. The molecule has 4 rings (SSSR count). The van der Waals surface area contributed by atoms with E-state index in [0.717, 1.165) is 22.2 Å². The fraction of sp³-hybridized carbons (Fsp3) is 0.100. The number of nitrogens with one attached hydrogen (secondary N) is 1. The predicted octanol–water partition coefficient (Wildman–Crippen LogP) is 3.21. The van der Waals surface area contributed by atoms with Gasteiger partial charge in [0.05, 0.1) is 17.0 Å². The molecule has 0 aliphatic rings. The molecule has 27 heavy (non-hydrogen) atoms. The number of rotatable bonds is 5. The van der Waals surface area contributed by atoms with Gasteiger partial charge in [0.1, 0.15) is 0 Å². The summed E-state index contributed by atoms with van der Waals surface area (Å²) in [6, 6.07) is 18.3. The molecule has 2 heterocycles. The van der Waals surface area contributed by atoms with E-state index in [1.165, 1.54) is 0 Å². The van der Waals surface area contributed by atoms with Gasteiger partial charge in [-0.05, 0) is 37.3 Å². The van der Waals surface area contributed by atoms with E-state index in [2.05, 4.69) is 14.7 Å². The zero-order valence-corrected chi connectivity index (χ0v) is 15.5. The topological polar surface area (TPSA) is 76.9 Å². The Balaban J connectivity index is 1.71. The van der Waals surface area contributed by atoms with Crippen molar-refractivity contribution in [3.8, 4) is 5.95 Å². The fourth-order valence-corrected chi connectivity index (χ4v) is 3.95. The summed E-state index contributed by atoms with van der Waals surface area (Å²) in [7, 11) is -3.62. The molecule has 0 radical (unpaired) electrons. The van der Waals surface area contributed by atoms with Gasteiger partial charge in [0.25, 0.3) is 0 Å². The van der Waals surface area contributed by atoms with Gasteiger partial charge in [0, 0.05) is 23.5 Å². The number of aryl methyl sites for hydroxylation is 1. The smallest absolute Gasteiger partial charge is 0.240 e. The number of nitrogens with zero attached hydrogens (tertiary/aromatic N) is 3. The summed E-state index contributed by atoms with van der Waals surface area (Å²) in [4.78, 5) is 8.88. The van der Waals surface area contributed by atoms with E-state index in [4.69, 9.17) is 0 Å². The summed E-state index contributed by atoms with van der Waals surface area (Å²) in [5.41, 5.74) is 2.70. The van der Waals surface area contributed by atoms with Crippen molar-refractivity contribution in [1.29, 1.82) is 0 Å². The highest BCUT2D eigenvalue weighted by Gasteiger charge is 2.17. The molecule has 2 aromatic heterocycles. The third-order valence-corrected chi connectivity index (χ3v) is 5.73. The lowest BCUT2D eigenvalue weighted by Crippen LogP contribution is -2.24. The number of hydrogen-bond donors (Lipinski definition) is 1. The van der Waals surface area contributed by atoms with Gasteiger partial charge in [0.2, 0.25) is 16.0 Å². The van der Waals surface area contributed by atoms with Crippen LogP contribution in [-0.4, -0.2) is 23.0 Å². The van der Waals surface area contributed by atoms with E-state index in [0.29, 0.717) is 5.95 Å². The molecule has 6 nitrogen and oxygen atoms in total. The molecule has 0 bridgehead atoms. The first kappa shape index (κ1) is 17.4. The Labute approximate surface area is 157 Å². The minimum atomic E-state index is -3.62. The molecule has 0 unspecified atom stereocenters. The second-order valence-corrected chi connectivity index (χ2v) is 7.98. The van der Waals surface area contributed by atoms with Crippen molar-refractivity contribution in [1.82, 2.24) is 19.3 Å². The van der Waals surface area contributed by atoms with Crippen molar-refractivity contribution in [3.05, 3.63) is 84.3 Å². The van der Waals surface area contributed by atoms with Crippen LogP contribution in [0.3, 0.4) is 0 Å². The van der Waals surface area contributed by atoms with Crippen LogP contribution >= 0.6 is 0 Å². The van der Waals surface area contributed by atoms with Gasteiger partial charge in [-0.2, -0.15) is 0 Å². The molecule has 0 amide bonds. The third kappa shape index (κ3) is 3.47. The molecule has 1 N–H and O–H groups in total. The average Bonchev–Trinajstić information content (AvgIpc) is 3.06. The lowest BCUT2D eigenvalue weighted by molar-refractivity contribution is 0.579. The molecule has 0 fully saturated rings. The number of fused-ring (bicyclic) bond motifs is 1. The van der Waals surface area contributed by atoms with Gasteiger partial charge in [-0.25, -0.2) is 23.1 Å². The van der Waals surface area contributed by atoms with E-state index >= 15 is 0 Å². The first-order valence-corrected chi connectivity index (χ1v) is 9.96. The van der Waals surface area contributed by atoms with Crippen LogP contribution in [-0.2, 0) is 16.6 Å². The van der Waals surface area contributed by atoms with Crippen molar-refractivity contribution < 1.29 is 8.42 Å². The quantitative estimate of drug-likeness (QED) is 0.578. The molecule has 2 aromatic carbocycles. The van der Waals surface area contributed by atoms with Crippen LogP contribution in [0.25, 0.3) is 16.9 Å². The Morgan fingerprint density at radius 3 is 2.41 bits per heavy atom. The monoisotopic (exact) mass is 378 g/mol. The Morgan fingerprint density at radius 1 is 0.963 bits per heavy atom. The molecular weight excluding hydrogens is 360 g/mol. The number of benzene rings is 2. The molecule has 0 atom stereocenters. The average molecular weight is 378 g/mol. The van der Waals surface area contributed by atoms with Crippen molar-refractivity contribution in [3.63, 3.8) is 0 Å². The second kappa shape index (κ2) is 6.94. The van der Waals surface area contributed by atoms with Crippen molar-refractivity contribution >= 4 is 20.9 Å². The Bertz CT molecular complexity index is 1180. The highest BCUT2D eigenvalue weighted by Crippen LogP contribution is 2.23. The number of sulfonamides is 1. The zero-order valence-electron chi connectivity index (χ0n) is 14.7. The first-order valence-electron chi connectivity index (χ1n) is 8.48. The molecule has 7 heteroatoms. The van der Waals surface area contributed by atoms with Gasteiger partial charge < -0.3 is 0 Å². The van der Waals surface area contributed by atoms with E-state index < -0.39 is 10.0 Å². The number of hydrogen-bond acceptors (Lipinski definition) is 4. The van der Waals surface area contributed by atoms with Gasteiger partial charge in [-0.1, -0.05) is 35.9 Å². The Kier molecular flexibility index (Phi) is 4.47. The van der Waals surface area contributed by atoms with Crippen LogP contribution in [0.5, 0.6) is 0 Å². The molecule has 0 saturated carbocycles. The van der Waals surface area contributed by atoms with Gasteiger partial charge in [-0.3, -0.25) is 4.57 Å². The van der Waals surface area contributed by atoms with Crippen molar-refractivity contribution in [2.75, 3.05) is 0 Å². The maximum Gasteiger partial charge on any atom is 0.240 e. The molecular formula is C20H18N4O2S.